The maximum atomic E-state index is 12.0. The van der Waals surface area contributed by atoms with Crippen LogP contribution in [0.5, 0.6) is 0 Å². The summed E-state index contributed by atoms with van der Waals surface area (Å²) in [6.45, 7) is 17.1. The Morgan fingerprint density at radius 2 is 1.56 bits per heavy atom. The van der Waals surface area contributed by atoms with Crippen molar-refractivity contribution >= 4 is 40.4 Å². The molecule has 0 aliphatic carbocycles. The molecule has 0 aliphatic rings. The molecule has 1 unspecified atom stereocenters. The Kier molecular flexibility index (Phi) is 16.2. The smallest absolute Gasteiger partial charge is 0.380 e. The van der Waals surface area contributed by atoms with Gasteiger partial charge >= 0.3 is 6.18 Å². The highest BCUT2D eigenvalue weighted by Crippen LogP contribution is 2.33. The predicted octanol–water partition coefficient (Wildman–Crippen LogP) is 9.09. The topological polar surface area (TPSA) is 62.5 Å². The van der Waals surface area contributed by atoms with Gasteiger partial charge in [0.15, 0.2) is 5.60 Å². The molecule has 34 heavy (non-hydrogen) atoms. The second kappa shape index (κ2) is 15.7. The third-order valence-electron chi connectivity index (χ3n) is 3.98. The van der Waals surface area contributed by atoms with Crippen molar-refractivity contribution in [3.8, 4) is 0 Å². The van der Waals surface area contributed by atoms with Crippen molar-refractivity contribution in [1.82, 2.24) is 4.98 Å². The van der Waals surface area contributed by atoms with Gasteiger partial charge in [0.25, 0.3) is 0 Å². The van der Waals surface area contributed by atoms with Gasteiger partial charge in [0.2, 0.25) is 0 Å². The zero-order valence-corrected chi connectivity index (χ0v) is 23.5. The van der Waals surface area contributed by atoms with Crippen LogP contribution in [0.4, 0.5) is 18.9 Å². The Bertz CT molecular complexity index is 782. The molecule has 1 aromatic rings. The molecule has 198 valence electrons. The van der Waals surface area contributed by atoms with Crippen molar-refractivity contribution < 1.29 is 23.1 Å². The fourth-order valence-electron chi connectivity index (χ4n) is 2.20. The highest BCUT2D eigenvalue weighted by molar-refractivity contribution is 6.41. The van der Waals surface area contributed by atoms with Crippen molar-refractivity contribution in [2.24, 2.45) is 10.4 Å². The van der Waals surface area contributed by atoms with Crippen LogP contribution in [0.1, 0.15) is 99.6 Å². The van der Waals surface area contributed by atoms with Gasteiger partial charge in [0.05, 0.1) is 16.4 Å². The van der Waals surface area contributed by atoms with Crippen molar-refractivity contribution in [2.75, 3.05) is 0 Å². The van der Waals surface area contributed by atoms with Crippen molar-refractivity contribution in [2.45, 2.75) is 113 Å². The fourth-order valence-corrected chi connectivity index (χ4v) is 2.53. The van der Waals surface area contributed by atoms with Crippen LogP contribution in [0.25, 0.3) is 0 Å². The van der Waals surface area contributed by atoms with Crippen LogP contribution >= 0.6 is 23.2 Å². The van der Waals surface area contributed by atoms with Gasteiger partial charge in [-0.25, -0.2) is 4.98 Å². The van der Waals surface area contributed by atoms with E-state index in [1.807, 2.05) is 13.8 Å². The number of aliphatic imine (C=N–C) groups is 1. The van der Waals surface area contributed by atoms with E-state index in [9.17, 15) is 18.0 Å². The van der Waals surface area contributed by atoms with E-state index in [-0.39, 0.29) is 6.42 Å². The van der Waals surface area contributed by atoms with Crippen LogP contribution in [0.2, 0.25) is 10.2 Å². The number of nitrogens with zero attached hydrogens (tertiary/aromatic N) is 2. The van der Waals surface area contributed by atoms with Crippen LogP contribution in [0.3, 0.4) is 0 Å². The summed E-state index contributed by atoms with van der Waals surface area (Å²) >= 11 is 11.7. The van der Waals surface area contributed by atoms with Gasteiger partial charge in [-0.2, -0.15) is 13.2 Å². The van der Waals surface area contributed by atoms with E-state index in [0.717, 1.165) is 29.9 Å². The first-order valence-corrected chi connectivity index (χ1v) is 12.2. The predicted molar refractivity (Wildman–Crippen MR) is 138 cm³/mol. The lowest BCUT2D eigenvalue weighted by molar-refractivity contribution is -0.253. The molecule has 0 amide bonds. The van der Waals surface area contributed by atoms with Crippen LogP contribution in [0, 0.1) is 12.3 Å². The molecule has 0 fully saturated rings. The summed E-state index contributed by atoms with van der Waals surface area (Å²) in [6, 6.07) is 1.77. The minimum Gasteiger partial charge on any atom is -0.380 e. The van der Waals surface area contributed by atoms with E-state index in [0.29, 0.717) is 28.9 Å². The Morgan fingerprint density at radius 3 is 1.97 bits per heavy atom. The van der Waals surface area contributed by atoms with Crippen molar-refractivity contribution in [1.29, 1.82) is 0 Å². The zero-order valence-electron chi connectivity index (χ0n) is 22.0. The SMILES string of the molecule is CC(C)(C)C.CCCC(=O)CC(C)(O)C(F)(F)F.CCCCC(C)=Nc1cc(Cl)c(Cl)nc1C. The number of alkyl halides is 3. The maximum absolute atomic E-state index is 12.0. The summed E-state index contributed by atoms with van der Waals surface area (Å²) in [7, 11) is 0. The molecule has 0 radical (unpaired) electrons. The average molecular weight is 530 g/mol. The lowest BCUT2D eigenvalue weighted by Crippen LogP contribution is -2.43. The third-order valence-corrected chi connectivity index (χ3v) is 4.65. The molecular formula is C25H41Cl2F3N2O2. The minimum atomic E-state index is -4.74. The van der Waals surface area contributed by atoms with E-state index in [2.05, 4.69) is 44.6 Å². The first-order chi connectivity index (χ1) is 15.2. The number of Topliss-reactive ketones (excluding diaryl/α,β-unsaturated/α-hetero) is 1. The molecule has 9 heteroatoms. The van der Waals surface area contributed by atoms with Gasteiger partial charge in [0.1, 0.15) is 10.9 Å². The summed E-state index contributed by atoms with van der Waals surface area (Å²) in [4.78, 5) is 19.5. The number of unbranched alkanes of at least 4 members (excludes halogenated alkanes) is 1. The Labute approximate surface area is 213 Å². The number of carbonyl (C=O) groups is 1. The molecule has 0 aromatic carbocycles. The molecule has 1 rings (SSSR count). The number of hydrogen-bond acceptors (Lipinski definition) is 4. The molecular weight excluding hydrogens is 488 g/mol. The molecule has 0 saturated heterocycles. The summed E-state index contributed by atoms with van der Waals surface area (Å²) in [5, 5.41) is 9.69. The van der Waals surface area contributed by atoms with Gasteiger partial charge in [-0.15, -0.1) is 0 Å². The van der Waals surface area contributed by atoms with Crippen LogP contribution in [-0.4, -0.2) is 33.4 Å². The maximum Gasteiger partial charge on any atom is 0.417 e. The molecule has 0 saturated carbocycles. The molecule has 0 spiro atoms. The summed E-state index contributed by atoms with van der Waals surface area (Å²) < 4.78 is 36.1. The number of halogens is 5. The Hall–Kier alpha value is -1.18. The number of aryl methyl sites for hydroxylation is 1. The molecule has 0 bridgehead atoms. The second-order valence-electron chi connectivity index (χ2n) is 10.1. The summed E-state index contributed by atoms with van der Waals surface area (Å²) in [6.07, 6.45) is -1.69. The van der Waals surface area contributed by atoms with E-state index in [1.54, 1.807) is 13.0 Å². The van der Waals surface area contributed by atoms with E-state index < -0.39 is 24.0 Å². The van der Waals surface area contributed by atoms with Crippen molar-refractivity contribution in [3.63, 3.8) is 0 Å². The Balaban J connectivity index is 0. The quantitative estimate of drug-likeness (QED) is 0.270. The normalized spacial score (nSPS) is 13.8. The van der Waals surface area contributed by atoms with Gasteiger partial charge in [-0.05, 0) is 51.5 Å². The monoisotopic (exact) mass is 528 g/mol. The first-order valence-electron chi connectivity index (χ1n) is 11.4. The fraction of sp³-hybridized carbons (Fsp3) is 0.720. The number of aromatic nitrogens is 1. The van der Waals surface area contributed by atoms with Crippen LogP contribution < -0.4 is 0 Å². The molecule has 1 heterocycles. The van der Waals surface area contributed by atoms with Crippen LogP contribution in [0.15, 0.2) is 11.1 Å². The standard InChI is InChI=1S/C12H16Cl2N2.C8H13F3O2.C5H12/c1-4-5-6-8(2)15-11-7-10(13)12(14)16-9(11)3;1-3-4-6(12)5-7(2,13)8(9,10)11;1-5(2,3)4/h7H,4-6H2,1-3H3;13H,3-5H2,1-2H3;1-4H3. The largest absolute Gasteiger partial charge is 0.417 e. The lowest BCUT2D eigenvalue weighted by atomic mass is 9.97. The molecule has 4 nitrogen and oxygen atoms in total. The van der Waals surface area contributed by atoms with Gasteiger partial charge in [-0.3, -0.25) is 9.79 Å². The van der Waals surface area contributed by atoms with Gasteiger partial charge < -0.3 is 5.11 Å². The first kappa shape index (κ1) is 35.0. The van der Waals surface area contributed by atoms with E-state index >= 15 is 0 Å². The number of pyridine rings is 1. The number of ketones is 1. The second-order valence-corrected chi connectivity index (χ2v) is 10.8. The van der Waals surface area contributed by atoms with E-state index in [4.69, 9.17) is 28.3 Å². The lowest BCUT2D eigenvalue weighted by Gasteiger charge is -2.25. The van der Waals surface area contributed by atoms with Gasteiger partial charge in [-0.1, -0.05) is 71.2 Å². The number of aliphatic hydroxyl groups is 1. The summed E-state index contributed by atoms with van der Waals surface area (Å²) in [5.74, 6) is -0.565. The Morgan fingerprint density at radius 1 is 1.06 bits per heavy atom. The molecule has 0 aliphatic heterocycles. The van der Waals surface area contributed by atoms with E-state index in [1.165, 1.54) is 6.42 Å². The van der Waals surface area contributed by atoms with Crippen molar-refractivity contribution in [3.05, 3.63) is 21.9 Å². The highest BCUT2D eigenvalue weighted by Gasteiger charge is 2.50. The summed E-state index contributed by atoms with van der Waals surface area (Å²) in [5.41, 5.74) is 0.331. The average Bonchev–Trinajstić information content (AvgIpc) is 2.62. The van der Waals surface area contributed by atoms with Gasteiger partial charge in [0, 0.05) is 18.6 Å². The minimum absolute atomic E-state index is 0.0756. The molecule has 1 N–H and O–H groups in total. The molecule has 1 aromatic heterocycles. The van der Waals surface area contributed by atoms with Crippen LogP contribution in [-0.2, 0) is 4.79 Å². The zero-order chi connectivity index (χ0) is 27.3. The number of hydrogen-bond donors (Lipinski definition) is 1. The number of rotatable bonds is 8. The molecule has 1 atom stereocenters. The highest BCUT2D eigenvalue weighted by atomic mass is 35.5. The third kappa shape index (κ3) is 17.3. The number of carbonyl (C=O) groups excluding carboxylic acids is 1.